The lowest BCUT2D eigenvalue weighted by Gasteiger charge is -2.37. The van der Waals surface area contributed by atoms with E-state index in [0.717, 1.165) is 36.7 Å². The molecule has 1 saturated heterocycles. The maximum atomic E-state index is 13.9. The normalized spacial score (nSPS) is 16.8. The third-order valence-electron chi connectivity index (χ3n) is 7.73. The average molecular weight is 634 g/mol. The molecule has 2 aliphatic heterocycles. The molecule has 0 saturated carbocycles. The maximum Gasteiger partial charge on any atom is 0.231 e. The van der Waals surface area contributed by atoms with Crippen LogP contribution in [-0.2, 0) is 20.9 Å². The summed E-state index contributed by atoms with van der Waals surface area (Å²) in [5.41, 5.74) is 2.36. The monoisotopic (exact) mass is 633 g/mol. The fraction of sp³-hybridized carbons (Fsp3) is 0.375. The number of benzene rings is 2. The van der Waals surface area contributed by atoms with Gasteiger partial charge in [0.25, 0.3) is 0 Å². The van der Waals surface area contributed by atoms with Gasteiger partial charge in [-0.25, -0.2) is 9.97 Å². The van der Waals surface area contributed by atoms with Gasteiger partial charge < -0.3 is 33.9 Å². The lowest BCUT2D eigenvalue weighted by Crippen LogP contribution is -2.47. The van der Waals surface area contributed by atoms with Crippen LogP contribution in [-0.4, -0.2) is 97.5 Å². The molecule has 1 fully saturated rings. The second-order valence-corrected chi connectivity index (χ2v) is 11.8. The van der Waals surface area contributed by atoms with Crippen molar-refractivity contribution in [1.29, 1.82) is 0 Å². The second kappa shape index (κ2) is 13.8. The summed E-state index contributed by atoms with van der Waals surface area (Å²) < 4.78 is 27.4. The molecule has 13 heteroatoms. The molecular formula is C32H35N5O7S. The summed E-state index contributed by atoms with van der Waals surface area (Å²) in [6.45, 7) is 6.51. The molecule has 0 bridgehead atoms. The van der Waals surface area contributed by atoms with E-state index in [2.05, 4.69) is 20.2 Å². The molecule has 0 unspecified atom stereocenters. The zero-order valence-electron chi connectivity index (χ0n) is 25.5. The van der Waals surface area contributed by atoms with Crippen molar-refractivity contribution in [3.63, 3.8) is 0 Å². The smallest absolute Gasteiger partial charge is 0.231 e. The van der Waals surface area contributed by atoms with E-state index in [0.29, 0.717) is 70.9 Å². The molecule has 12 nitrogen and oxygen atoms in total. The highest BCUT2D eigenvalue weighted by molar-refractivity contribution is 8.04. The highest BCUT2D eigenvalue weighted by Gasteiger charge is 2.33. The molecule has 1 aliphatic carbocycles. The van der Waals surface area contributed by atoms with Crippen molar-refractivity contribution < 1.29 is 33.3 Å². The van der Waals surface area contributed by atoms with Crippen molar-refractivity contribution in [3.05, 3.63) is 64.6 Å². The Morgan fingerprint density at radius 3 is 2.58 bits per heavy atom. The summed E-state index contributed by atoms with van der Waals surface area (Å²) in [5, 5.41) is 3.79. The highest BCUT2D eigenvalue weighted by Crippen LogP contribution is 2.37. The number of aromatic nitrogens is 2. The van der Waals surface area contributed by atoms with Gasteiger partial charge in [-0.15, -0.1) is 11.8 Å². The van der Waals surface area contributed by atoms with Crippen LogP contribution in [0.15, 0.2) is 59.0 Å². The largest absolute Gasteiger partial charge is 0.493 e. The van der Waals surface area contributed by atoms with Crippen LogP contribution in [0.25, 0.3) is 10.9 Å². The van der Waals surface area contributed by atoms with Crippen LogP contribution in [0.4, 0.5) is 5.82 Å². The minimum Gasteiger partial charge on any atom is -0.493 e. The lowest BCUT2D eigenvalue weighted by molar-refractivity contribution is -0.116. The van der Waals surface area contributed by atoms with Crippen LogP contribution in [0.5, 0.6) is 23.0 Å². The van der Waals surface area contributed by atoms with E-state index < -0.39 is 0 Å². The Hall–Kier alpha value is -4.33. The Kier molecular flexibility index (Phi) is 9.38. The minimum atomic E-state index is -0.276. The van der Waals surface area contributed by atoms with Crippen molar-refractivity contribution in [2.24, 2.45) is 0 Å². The number of ketones is 2. The summed E-state index contributed by atoms with van der Waals surface area (Å²) in [6.07, 6.45) is 2.85. The van der Waals surface area contributed by atoms with Gasteiger partial charge in [-0.05, 0) is 29.5 Å². The van der Waals surface area contributed by atoms with Gasteiger partial charge >= 0.3 is 0 Å². The van der Waals surface area contributed by atoms with Crippen molar-refractivity contribution in [1.82, 2.24) is 19.8 Å². The lowest BCUT2D eigenvalue weighted by atomic mass is 10.0. The number of nitrogens with zero attached hydrogens (tertiary/aromatic N) is 4. The van der Waals surface area contributed by atoms with Crippen LogP contribution in [0.1, 0.15) is 12.5 Å². The zero-order chi connectivity index (χ0) is 31.3. The molecule has 0 radical (unpaired) electrons. The number of hydrogen-bond acceptors (Lipinski definition) is 13. The fourth-order valence-electron chi connectivity index (χ4n) is 5.47. The standard InChI is InChI=1S/C32H35N5O7S/c1-4-45-31-29(35-32-21-14-26(41-3)28(42-12-11-40-2)15-22(21)33-18-34-32)24(38)16-23(30(31)39)37-9-7-36(8-10-37)17-20-5-6-25-27(13-20)44-19-43-25/h5-6,13-16,18H,4,7-12,17,19H2,1-3H3,(H,33,34,35). The Bertz CT molecular complexity index is 1670. The first-order valence-electron chi connectivity index (χ1n) is 14.7. The molecule has 0 amide bonds. The molecule has 0 spiro atoms. The fourth-order valence-corrected chi connectivity index (χ4v) is 6.29. The number of anilines is 1. The molecule has 236 valence electrons. The first-order chi connectivity index (χ1) is 22.0. The Balaban J connectivity index is 1.18. The predicted octanol–water partition coefficient (Wildman–Crippen LogP) is 3.62. The number of carbonyl (C=O) groups is 2. The van der Waals surface area contributed by atoms with Gasteiger partial charge in [0.05, 0.1) is 29.8 Å². The summed E-state index contributed by atoms with van der Waals surface area (Å²) in [4.78, 5) is 41.0. The van der Waals surface area contributed by atoms with E-state index in [4.69, 9.17) is 23.7 Å². The van der Waals surface area contributed by atoms with Crippen LogP contribution >= 0.6 is 11.8 Å². The summed E-state index contributed by atoms with van der Waals surface area (Å²) in [7, 11) is 3.15. The van der Waals surface area contributed by atoms with Crippen LogP contribution in [0.2, 0.25) is 0 Å². The number of fused-ring (bicyclic) bond motifs is 2. The molecule has 3 aliphatic rings. The maximum absolute atomic E-state index is 13.9. The molecular weight excluding hydrogens is 598 g/mol. The third-order valence-corrected chi connectivity index (χ3v) is 8.70. The Labute approximate surface area is 265 Å². The van der Waals surface area contributed by atoms with Crippen LogP contribution in [0.3, 0.4) is 0 Å². The van der Waals surface area contributed by atoms with Gasteiger partial charge in [0.15, 0.2) is 23.0 Å². The number of Topliss-reactive ketones (excluding diaryl/α,β-unsaturated/α-hetero) is 1. The van der Waals surface area contributed by atoms with E-state index in [1.807, 2.05) is 30.0 Å². The van der Waals surface area contributed by atoms with Gasteiger partial charge in [-0.1, -0.05) is 13.0 Å². The number of allylic oxidation sites excluding steroid dienone is 2. The number of carbonyl (C=O) groups excluding carboxylic acids is 2. The summed E-state index contributed by atoms with van der Waals surface area (Å²) in [5.74, 6) is 3.10. The zero-order valence-corrected chi connectivity index (χ0v) is 26.3. The average Bonchev–Trinajstić information content (AvgIpc) is 3.53. The molecule has 1 N–H and O–H groups in total. The first kappa shape index (κ1) is 30.7. The second-order valence-electron chi connectivity index (χ2n) is 10.5. The number of nitrogens with one attached hydrogen (secondary N) is 1. The van der Waals surface area contributed by atoms with Crippen molar-refractivity contribution in [3.8, 4) is 23.0 Å². The highest BCUT2D eigenvalue weighted by atomic mass is 32.2. The van der Waals surface area contributed by atoms with Crippen molar-refractivity contribution in [2.45, 2.75) is 13.5 Å². The number of thioether (sulfide) groups is 1. The summed E-state index contributed by atoms with van der Waals surface area (Å²) in [6, 6.07) is 9.51. The first-order valence-corrected chi connectivity index (χ1v) is 15.7. The van der Waals surface area contributed by atoms with Gasteiger partial charge in [0.1, 0.15) is 24.4 Å². The quantitative estimate of drug-likeness (QED) is 0.231. The van der Waals surface area contributed by atoms with Crippen LogP contribution in [0, 0.1) is 0 Å². The van der Waals surface area contributed by atoms with Crippen molar-refractivity contribution >= 4 is 40.0 Å². The molecule has 2 aromatic carbocycles. The van der Waals surface area contributed by atoms with Gasteiger partial charge in [-0.2, -0.15) is 0 Å². The molecule has 1 aromatic heterocycles. The number of ether oxygens (including phenoxy) is 5. The van der Waals surface area contributed by atoms with E-state index in [1.165, 1.54) is 24.2 Å². The SMILES string of the molecule is CCSC1=C(Nc2ncnc3cc(OCCOC)c(OC)cc23)C(=O)C=C(N2CCN(Cc3ccc4c(c3)OCO4)CC2)C1=O. The number of methoxy groups -OCH3 is 2. The van der Waals surface area contributed by atoms with Gasteiger partial charge in [-0.3, -0.25) is 14.5 Å². The molecule has 45 heavy (non-hydrogen) atoms. The molecule has 3 aromatic rings. The summed E-state index contributed by atoms with van der Waals surface area (Å²) >= 11 is 1.34. The van der Waals surface area contributed by atoms with E-state index in [9.17, 15) is 9.59 Å². The van der Waals surface area contributed by atoms with Crippen molar-refractivity contribution in [2.75, 3.05) is 71.5 Å². The number of rotatable bonds is 12. The predicted molar refractivity (Wildman–Crippen MR) is 170 cm³/mol. The number of piperazine rings is 1. The minimum absolute atomic E-state index is 0.169. The molecule has 6 rings (SSSR count). The topological polar surface area (TPSA) is 125 Å². The van der Waals surface area contributed by atoms with E-state index in [-0.39, 0.29) is 24.1 Å². The van der Waals surface area contributed by atoms with Crippen LogP contribution < -0.4 is 24.3 Å². The Morgan fingerprint density at radius 2 is 1.80 bits per heavy atom. The molecule has 3 heterocycles. The van der Waals surface area contributed by atoms with Gasteiger partial charge in [0, 0.05) is 57.4 Å². The van der Waals surface area contributed by atoms with E-state index >= 15 is 0 Å². The van der Waals surface area contributed by atoms with E-state index in [1.54, 1.807) is 26.4 Å². The molecule has 0 atom stereocenters. The van der Waals surface area contributed by atoms with Gasteiger partial charge in [0.2, 0.25) is 18.4 Å². The Morgan fingerprint density at radius 1 is 0.978 bits per heavy atom. The third kappa shape index (κ3) is 6.56. The number of hydrogen-bond donors (Lipinski definition) is 1.